The first-order valence-electron chi connectivity index (χ1n) is 9.92. The molecule has 4 N–H and O–H groups in total. The van der Waals surface area contributed by atoms with Crippen LogP contribution in [-0.4, -0.2) is 48.2 Å². The third kappa shape index (κ3) is 5.11. The van der Waals surface area contributed by atoms with E-state index in [0.29, 0.717) is 25.0 Å². The quantitative estimate of drug-likeness (QED) is 0.605. The lowest BCUT2D eigenvalue weighted by atomic mass is 10.0. The number of para-hydroxylation sites is 1. The van der Waals surface area contributed by atoms with Crippen LogP contribution in [0.5, 0.6) is 0 Å². The molecular formula is C21H29N3O4. The van der Waals surface area contributed by atoms with Gasteiger partial charge in [0, 0.05) is 11.9 Å². The highest BCUT2D eigenvalue weighted by Crippen LogP contribution is 2.19. The summed E-state index contributed by atoms with van der Waals surface area (Å²) in [5, 5.41) is 19.9. The van der Waals surface area contributed by atoms with Crippen molar-refractivity contribution in [1.29, 1.82) is 0 Å². The second-order valence-corrected chi connectivity index (χ2v) is 7.83. The molecule has 3 atom stereocenters. The highest BCUT2D eigenvalue weighted by molar-refractivity contribution is 5.98. The Labute approximate surface area is 164 Å². The number of β-amino-alcohol motifs (C(OH)–C–C–N with tert-alkyl or cyclic N) is 1. The molecule has 1 aromatic heterocycles. The number of nitrogens with one attached hydrogen (secondary N) is 3. The first-order chi connectivity index (χ1) is 13.4. The minimum absolute atomic E-state index is 0.182. The lowest BCUT2D eigenvalue weighted by molar-refractivity contribution is -0.125. The minimum Gasteiger partial charge on any atom is -0.451 e. The zero-order chi connectivity index (χ0) is 20.1. The van der Waals surface area contributed by atoms with E-state index < -0.39 is 18.1 Å². The van der Waals surface area contributed by atoms with Crippen molar-refractivity contribution in [1.82, 2.24) is 16.0 Å². The molecule has 0 aliphatic carbocycles. The first-order valence-corrected chi connectivity index (χ1v) is 9.92. The molecule has 1 aliphatic heterocycles. The number of aliphatic hydroxyl groups is 1. The van der Waals surface area contributed by atoms with Crippen LogP contribution in [0.4, 0.5) is 0 Å². The lowest BCUT2D eigenvalue weighted by Crippen LogP contribution is -2.53. The largest absolute Gasteiger partial charge is 0.451 e. The van der Waals surface area contributed by atoms with Crippen LogP contribution >= 0.6 is 0 Å². The highest BCUT2D eigenvalue weighted by atomic mass is 16.3. The summed E-state index contributed by atoms with van der Waals surface area (Å²) in [7, 11) is 0. The van der Waals surface area contributed by atoms with Crippen molar-refractivity contribution in [2.24, 2.45) is 5.92 Å². The van der Waals surface area contributed by atoms with Crippen molar-refractivity contribution in [3.05, 3.63) is 36.1 Å². The van der Waals surface area contributed by atoms with Crippen molar-refractivity contribution >= 4 is 22.8 Å². The molecule has 2 amide bonds. The minimum atomic E-state index is -0.691. The number of carbonyl (C=O) groups excluding carboxylic acids is 2. The Balaban J connectivity index is 1.69. The second-order valence-electron chi connectivity index (χ2n) is 7.83. The summed E-state index contributed by atoms with van der Waals surface area (Å²) in [6, 6.07) is 8.05. The molecule has 1 aromatic carbocycles. The number of rotatable bonds is 6. The van der Waals surface area contributed by atoms with Gasteiger partial charge in [-0.15, -0.1) is 0 Å². The molecule has 3 rings (SSSR count). The molecule has 2 heterocycles. The Hall–Kier alpha value is -2.38. The Morgan fingerprint density at radius 3 is 2.86 bits per heavy atom. The molecule has 1 fully saturated rings. The zero-order valence-electron chi connectivity index (χ0n) is 16.4. The summed E-state index contributed by atoms with van der Waals surface area (Å²) < 4.78 is 5.61. The van der Waals surface area contributed by atoms with Crippen LogP contribution in [0.3, 0.4) is 0 Å². The SMILES string of the molecule is CC(C)C[C@H](NC(=O)c1cc2ccccc2o1)C(=O)NC1CCCNCC1O. The number of benzene rings is 1. The van der Waals surface area contributed by atoms with Crippen LogP contribution in [0.15, 0.2) is 34.7 Å². The van der Waals surface area contributed by atoms with Gasteiger partial charge in [0.2, 0.25) is 5.91 Å². The predicted octanol–water partition coefficient (Wildman–Crippen LogP) is 1.81. The summed E-state index contributed by atoms with van der Waals surface area (Å²) in [4.78, 5) is 25.5. The molecule has 152 valence electrons. The molecule has 0 saturated carbocycles. The Kier molecular flexibility index (Phi) is 6.70. The Morgan fingerprint density at radius 2 is 2.11 bits per heavy atom. The van der Waals surface area contributed by atoms with Gasteiger partial charge in [0.1, 0.15) is 11.6 Å². The number of aliphatic hydroxyl groups excluding tert-OH is 1. The molecule has 2 unspecified atom stereocenters. The number of furan rings is 1. The van der Waals surface area contributed by atoms with Crippen molar-refractivity contribution in [3.8, 4) is 0 Å². The van der Waals surface area contributed by atoms with Gasteiger partial charge in [0.05, 0.1) is 12.1 Å². The van der Waals surface area contributed by atoms with Crippen molar-refractivity contribution in [2.45, 2.75) is 51.3 Å². The maximum Gasteiger partial charge on any atom is 0.287 e. The number of hydrogen-bond donors (Lipinski definition) is 4. The zero-order valence-corrected chi connectivity index (χ0v) is 16.4. The molecule has 0 spiro atoms. The van der Waals surface area contributed by atoms with Gasteiger partial charge in [0.25, 0.3) is 5.91 Å². The van der Waals surface area contributed by atoms with Crippen LogP contribution in [0.2, 0.25) is 0 Å². The van der Waals surface area contributed by atoms with E-state index in [1.54, 1.807) is 12.1 Å². The van der Waals surface area contributed by atoms with Gasteiger partial charge in [-0.25, -0.2) is 0 Å². The first kappa shape index (κ1) is 20.4. The summed E-state index contributed by atoms with van der Waals surface area (Å²) in [5.74, 6) is -0.293. The number of hydrogen-bond acceptors (Lipinski definition) is 5. The third-order valence-corrected chi connectivity index (χ3v) is 4.99. The van der Waals surface area contributed by atoms with Crippen LogP contribution in [0, 0.1) is 5.92 Å². The van der Waals surface area contributed by atoms with Crippen molar-refractivity contribution in [2.75, 3.05) is 13.1 Å². The average molecular weight is 387 g/mol. The Bertz CT molecular complexity index is 784. The fraction of sp³-hybridized carbons (Fsp3) is 0.524. The average Bonchev–Trinajstić information content (AvgIpc) is 3.00. The maximum absolute atomic E-state index is 12.9. The smallest absolute Gasteiger partial charge is 0.287 e. The van der Waals surface area contributed by atoms with Crippen molar-refractivity contribution < 1.29 is 19.1 Å². The highest BCUT2D eigenvalue weighted by Gasteiger charge is 2.29. The molecule has 7 nitrogen and oxygen atoms in total. The monoisotopic (exact) mass is 387 g/mol. The molecule has 2 aromatic rings. The number of amides is 2. The summed E-state index contributed by atoms with van der Waals surface area (Å²) in [6.45, 7) is 5.27. The van der Waals surface area contributed by atoms with Gasteiger partial charge in [-0.2, -0.15) is 0 Å². The van der Waals surface area contributed by atoms with Crippen molar-refractivity contribution in [3.63, 3.8) is 0 Å². The van der Waals surface area contributed by atoms with Gasteiger partial charge < -0.3 is 25.5 Å². The van der Waals surface area contributed by atoms with Gasteiger partial charge in [-0.3, -0.25) is 9.59 Å². The van der Waals surface area contributed by atoms with Crippen LogP contribution in [0.1, 0.15) is 43.7 Å². The number of fused-ring (bicyclic) bond motifs is 1. The van der Waals surface area contributed by atoms with Gasteiger partial charge >= 0.3 is 0 Å². The van der Waals surface area contributed by atoms with E-state index in [1.807, 2.05) is 32.0 Å². The Morgan fingerprint density at radius 1 is 1.32 bits per heavy atom. The van der Waals surface area contributed by atoms with E-state index in [4.69, 9.17) is 4.42 Å². The second kappa shape index (κ2) is 9.21. The van der Waals surface area contributed by atoms with E-state index in [2.05, 4.69) is 16.0 Å². The normalized spacial score (nSPS) is 21.3. The molecule has 7 heteroatoms. The predicted molar refractivity (Wildman–Crippen MR) is 107 cm³/mol. The van der Waals surface area contributed by atoms with E-state index in [1.165, 1.54) is 0 Å². The fourth-order valence-corrected chi connectivity index (χ4v) is 3.51. The lowest BCUT2D eigenvalue weighted by Gasteiger charge is -2.26. The van der Waals surface area contributed by atoms with E-state index >= 15 is 0 Å². The fourth-order valence-electron chi connectivity index (χ4n) is 3.51. The standard InChI is InChI=1S/C21H29N3O4/c1-13(2)10-16(20(26)23-15-7-5-9-22-12-17(15)25)24-21(27)19-11-14-6-3-4-8-18(14)28-19/h3-4,6,8,11,13,15-17,22,25H,5,7,9-10,12H2,1-2H3,(H,23,26)(H,24,27)/t15?,16-,17?/m0/s1. The van der Waals surface area contributed by atoms with Gasteiger partial charge in [0.15, 0.2) is 5.76 Å². The molecule has 1 saturated heterocycles. The van der Waals surface area contributed by atoms with E-state index in [-0.39, 0.29) is 23.6 Å². The van der Waals surface area contributed by atoms with Gasteiger partial charge in [-0.05, 0) is 43.9 Å². The summed E-state index contributed by atoms with van der Waals surface area (Å²) in [5.41, 5.74) is 0.631. The molecule has 0 radical (unpaired) electrons. The topological polar surface area (TPSA) is 104 Å². The molecular weight excluding hydrogens is 358 g/mol. The third-order valence-electron chi connectivity index (χ3n) is 4.99. The van der Waals surface area contributed by atoms with Crippen LogP contribution in [-0.2, 0) is 4.79 Å². The molecule has 1 aliphatic rings. The molecule has 28 heavy (non-hydrogen) atoms. The number of carbonyl (C=O) groups is 2. The van der Waals surface area contributed by atoms with E-state index in [0.717, 1.165) is 18.4 Å². The van der Waals surface area contributed by atoms with Crippen LogP contribution in [0.25, 0.3) is 11.0 Å². The summed E-state index contributed by atoms with van der Waals surface area (Å²) >= 11 is 0. The maximum atomic E-state index is 12.9. The van der Waals surface area contributed by atoms with Gasteiger partial charge in [-0.1, -0.05) is 32.0 Å². The summed E-state index contributed by atoms with van der Waals surface area (Å²) in [6.07, 6.45) is 1.43. The molecule has 0 bridgehead atoms. The van der Waals surface area contributed by atoms with Crippen LogP contribution < -0.4 is 16.0 Å². The van der Waals surface area contributed by atoms with E-state index in [9.17, 15) is 14.7 Å².